The van der Waals surface area contributed by atoms with Crippen molar-refractivity contribution in [1.29, 1.82) is 0 Å². The van der Waals surface area contributed by atoms with Crippen LogP contribution in [0.4, 0.5) is 0 Å². The Hall–Kier alpha value is -2.60. The van der Waals surface area contributed by atoms with Crippen molar-refractivity contribution < 1.29 is 28.8 Å². The molecular weight excluding hydrogens is 312 g/mol. The summed E-state index contributed by atoms with van der Waals surface area (Å²) >= 11 is 0. The Kier molecular flexibility index (Phi) is 4.04. The van der Waals surface area contributed by atoms with Gasteiger partial charge in [-0.2, -0.15) is 0 Å². The summed E-state index contributed by atoms with van der Waals surface area (Å²) < 4.78 is 27.2. The number of aliphatic hydroxyl groups excluding tert-OH is 1. The van der Waals surface area contributed by atoms with Gasteiger partial charge in [0.05, 0.1) is 6.61 Å². The van der Waals surface area contributed by atoms with Gasteiger partial charge in [-0.25, -0.2) is 0 Å². The molecule has 0 unspecified atom stereocenters. The van der Waals surface area contributed by atoms with Gasteiger partial charge in [-0.05, 0) is 48.2 Å². The largest absolute Gasteiger partial charge is 0.487 e. The number of benzene rings is 2. The molecule has 0 saturated carbocycles. The monoisotopic (exact) mass is 330 g/mol. The SMILES string of the molecule is OCCOc1cc(CCc2ccc3c(c2)OCO3)cc2c1OCO2. The lowest BCUT2D eigenvalue weighted by molar-refractivity contribution is 0.164. The standard InChI is InChI=1S/C18H18O6/c19-5-6-20-16-8-13(9-17-18(16)24-11-23-17)2-1-12-3-4-14-15(7-12)22-10-21-14/h3-4,7-9,19H,1-2,5-6,10-11H2. The fourth-order valence-electron chi connectivity index (χ4n) is 2.82. The summed E-state index contributed by atoms with van der Waals surface area (Å²) in [5, 5.41) is 8.96. The molecule has 6 heteroatoms. The van der Waals surface area contributed by atoms with Gasteiger partial charge in [-0.1, -0.05) is 6.07 Å². The second-order valence-electron chi connectivity index (χ2n) is 5.59. The van der Waals surface area contributed by atoms with E-state index in [9.17, 15) is 0 Å². The summed E-state index contributed by atoms with van der Waals surface area (Å²) in [5.41, 5.74) is 2.26. The predicted molar refractivity (Wildman–Crippen MR) is 85.1 cm³/mol. The van der Waals surface area contributed by atoms with Gasteiger partial charge in [-0.3, -0.25) is 0 Å². The lowest BCUT2D eigenvalue weighted by Crippen LogP contribution is -2.03. The summed E-state index contributed by atoms with van der Waals surface area (Å²) in [6.45, 7) is 0.654. The van der Waals surface area contributed by atoms with Crippen molar-refractivity contribution in [3.8, 4) is 28.7 Å². The topological polar surface area (TPSA) is 66.4 Å². The molecule has 2 aromatic carbocycles. The molecule has 0 amide bonds. The fraction of sp³-hybridized carbons (Fsp3) is 0.333. The highest BCUT2D eigenvalue weighted by atomic mass is 16.7. The minimum absolute atomic E-state index is 0.0446. The number of fused-ring (bicyclic) bond motifs is 2. The summed E-state index contributed by atoms with van der Waals surface area (Å²) in [5.74, 6) is 3.49. The first-order chi connectivity index (χ1) is 11.8. The van der Waals surface area contributed by atoms with E-state index in [1.165, 1.54) is 5.56 Å². The predicted octanol–water partition coefficient (Wildman–Crippen LogP) is 2.30. The van der Waals surface area contributed by atoms with Gasteiger partial charge < -0.3 is 28.8 Å². The quantitative estimate of drug-likeness (QED) is 0.877. The van der Waals surface area contributed by atoms with Gasteiger partial charge in [0.25, 0.3) is 0 Å². The van der Waals surface area contributed by atoms with Crippen molar-refractivity contribution >= 4 is 0 Å². The Labute approximate surface area is 139 Å². The van der Waals surface area contributed by atoms with Crippen LogP contribution in [0.5, 0.6) is 28.7 Å². The highest BCUT2D eigenvalue weighted by Crippen LogP contribution is 2.42. The van der Waals surface area contributed by atoms with Gasteiger partial charge in [0.2, 0.25) is 19.3 Å². The van der Waals surface area contributed by atoms with Crippen LogP contribution in [0.15, 0.2) is 30.3 Å². The minimum atomic E-state index is -0.0446. The maximum Gasteiger partial charge on any atom is 0.231 e. The molecule has 126 valence electrons. The molecule has 2 heterocycles. The average Bonchev–Trinajstić information content (AvgIpc) is 3.26. The fourth-order valence-corrected chi connectivity index (χ4v) is 2.82. The smallest absolute Gasteiger partial charge is 0.231 e. The molecule has 6 nitrogen and oxygen atoms in total. The van der Waals surface area contributed by atoms with Gasteiger partial charge in [0.15, 0.2) is 23.0 Å². The zero-order chi connectivity index (χ0) is 16.4. The van der Waals surface area contributed by atoms with E-state index in [1.807, 2.05) is 30.3 Å². The van der Waals surface area contributed by atoms with E-state index in [0.717, 1.165) is 29.9 Å². The Morgan fingerprint density at radius 1 is 0.833 bits per heavy atom. The Bertz CT molecular complexity index is 743. The Morgan fingerprint density at radius 3 is 2.50 bits per heavy atom. The highest BCUT2D eigenvalue weighted by Gasteiger charge is 2.20. The van der Waals surface area contributed by atoms with Crippen LogP contribution in [0.3, 0.4) is 0 Å². The highest BCUT2D eigenvalue weighted by molar-refractivity contribution is 5.55. The molecule has 4 rings (SSSR count). The first kappa shape index (κ1) is 15.0. The van der Waals surface area contributed by atoms with Crippen molar-refractivity contribution in [1.82, 2.24) is 0 Å². The van der Waals surface area contributed by atoms with E-state index in [4.69, 9.17) is 28.8 Å². The van der Waals surface area contributed by atoms with Crippen LogP contribution in [0, 0.1) is 0 Å². The third-order valence-electron chi connectivity index (χ3n) is 3.99. The van der Waals surface area contributed by atoms with Crippen molar-refractivity contribution in [3.63, 3.8) is 0 Å². The van der Waals surface area contributed by atoms with Crippen LogP contribution >= 0.6 is 0 Å². The van der Waals surface area contributed by atoms with Gasteiger partial charge in [-0.15, -0.1) is 0 Å². The summed E-state index contributed by atoms with van der Waals surface area (Å²) in [6.07, 6.45) is 1.68. The molecule has 1 N–H and O–H groups in total. The number of rotatable bonds is 6. The molecule has 0 atom stereocenters. The third-order valence-corrected chi connectivity index (χ3v) is 3.99. The minimum Gasteiger partial charge on any atom is -0.487 e. The second-order valence-corrected chi connectivity index (χ2v) is 5.59. The lowest BCUT2D eigenvalue weighted by Gasteiger charge is -2.10. The molecule has 0 bridgehead atoms. The van der Waals surface area contributed by atoms with Gasteiger partial charge in [0.1, 0.15) is 6.61 Å². The summed E-state index contributed by atoms with van der Waals surface area (Å²) in [7, 11) is 0. The third kappa shape index (κ3) is 2.92. The van der Waals surface area contributed by atoms with Crippen molar-refractivity contribution in [2.45, 2.75) is 12.8 Å². The second kappa shape index (κ2) is 6.49. The molecule has 0 aliphatic carbocycles. The van der Waals surface area contributed by atoms with E-state index < -0.39 is 0 Å². The Morgan fingerprint density at radius 2 is 1.58 bits per heavy atom. The van der Waals surface area contributed by atoms with Crippen LogP contribution in [0.2, 0.25) is 0 Å². The van der Waals surface area contributed by atoms with Crippen molar-refractivity contribution in [3.05, 3.63) is 41.5 Å². The molecule has 0 fully saturated rings. The number of aryl methyl sites for hydroxylation is 2. The molecule has 2 aromatic rings. The number of aliphatic hydroxyl groups is 1. The molecular formula is C18H18O6. The van der Waals surface area contributed by atoms with Crippen LogP contribution in [0.25, 0.3) is 0 Å². The number of ether oxygens (including phenoxy) is 5. The summed E-state index contributed by atoms with van der Waals surface area (Å²) in [4.78, 5) is 0. The normalized spacial score (nSPS) is 14.0. The van der Waals surface area contributed by atoms with Crippen molar-refractivity contribution in [2.24, 2.45) is 0 Å². The maximum absolute atomic E-state index is 8.96. The lowest BCUT2D eigenvalue weighted by atomic mass is 10.0. The molecule has 0 radical (unpaired) electrons. The average molecular weight is 330 g/mol. The number of hydrogen-bond acceptors (Lipinski definition) is 6. The zero-order valence-electron chi connectivity index (χ0n) is 13.1. The maximum atomic E-state index is 8.96. The molecule has 2 aliphatic heterocycles. The molecule has 0 spiro atoms. The first-order valence-corrected chi connectivity index (χ1v) is 7.88. The van der Waals surface area contributed by atoms with E-state index in [-0.39, 0.29) is 26.8 Å². The molecule has 0 aromatic heterocycles. The molecule has 2 aliphatic rings. The van der Waals surface area contributed by atoms with Gasteiger partial charge >= 0.3 is 0 Å². The van der Waals surface area contributed by atoms with Crippen LogP contribution < -0.4 is 23.7 Å². The van der Waals surface area contributed by atoms with Crippen LogP contribution in [0.1, 0.15) is 11.1 Å². The van der Waals surface area contributed by atoms with E-state index in [2.05, 4.69) is 0 Å². The summed E-state index contributed by atoms with van der Waals surface area (Å²) in [6, 6.07) is 9.91. The van der Waals surface area contributed by atoms with E-state index in [0.29, 0.717) is 17.2 Å². The van der Waals surface area contributed by atoms with E-state index >= 15 is 0 Å². The van der Waals surface area contributed by atoms with E-state index in [1.54, 1.807) is 0 Å². The number of hydrogen-bond donors (Lipinski definition) is 1. The van der Waals surface area contributed by atoms with Gasteiger partial charge in [0, 0.05) is 0 Å². The first-order valence-electron chi connectivity index (χ1n) is 7.88. The Balaban J connectivity index is 1.50. The zero-order valence-corrected chi connectivity index (χ0v) is 13.1. The molecule has 0 saturated heterocycles. The molecule has 24 heavy (non-hydrogen) atoms. The van der Waals surface area contributed by atoms with Crippen LogP contribution in [-0.2, 0) is 12.8 Å². The van der Waals surface area contributed by atoms with Crippen LogP contribution in [-0.4, -0.2) is 31.9 Å². The van der Waals surface area contributed by atoms with Crippen molar-refractivity contribution in [2.75, 3.05) is 26.8 Å².